The Morgan fingerprint density at radius 1 is 1.29 bits per heavy atom. The first-order chi connectivity index (χ1) is 6.72. The molecule has 1 aromatic carbocycles. The zero-order valence-electron chi connectivity index (χ0n) is 7.41. The minimum absolute atomic E-state index is 0.0231. The average molecular weight is 203 g/mol. The number of rotatable bonds is 5. The van der Waals surface area contributed by atoms with Gasteiger partial charge in [-0.1, -0.05) is 0 Å². The summed E-state index contributed by atoms with van der Waals surface area (Å²) in [4.78, 5) is 0. The van der Waals surface area contributed by atoms with Gasteiger partial charge in [-0.3, -0.25) is 0 Å². The summed E-state index contributed by atoms with van der Waals surface area (Å²) in [5.74, 6) is 0.120. The topological polar surface area (TPSA) is 41.5 Å². The summed E-state index contributed by atoms with van der Waals surface area (Å²) >= 11 is 0. The number of aliphatic hydroxyl groups excluding tert-OH is 1. The maximum Gasteiger partial charge on any atom is 0.387 e. The smallest absolute Gasteiger partial charge is 0.387 e. The van der Waals surface area contributed by atoms with Crippen molar-refractivity contribution in [1.82, 2.24) is 0 Å². The summed E-state index contributed by atoms with van der Waals surface area (Å²) in [6.07, 6.45) is 0. The van der Waals surface area contributed by atoms with Crippen molar-refractivity contribution in [2.45, 2.75) is 6.61 Å². The molecule has 2 N–H and O–H groups in total. The van der Waals surface area contributed by atoms with Gasteiger partial charge in [0.15, 0.2) is 0 Å². The Bertz CT molecular complexity index is 264. The standard InChI is InChI=1S/C9H11F2NO2/c10-9(11)14-8-3-1-7(2-4-8)12-5-6-13/h1-4,9,12-13H,5-6H2. The van der Waals surface area contributed by atoms with E-state index < -0.39 is 6.61 Å². The molecule has 0 saturated carbocycles. The maximum atomic E-state index is 11.8. The van der Waals surface area contributed by atoms with Crippen molar-refractivity contribution in [3.63, 3.8) is 0 Å². The maximum absolute atomic E-state index is 11.8. The van der Waals surface area contributed by atoms with Crippen LogP contribution in [0.4, 0.5) is 14.5 Å². The fraction of sp³-hybridized carbons (Fsp3) is 0.333. The summed E-state index contributed by atoms with van der Waals surface area (Å²) in [6, 6.07) is 6.08. The second-order valence-electron chi connectivity index (χ2n) is 2.55. The third-order valence-electron chi connectivity index (χ3n) is 1.52. The molecule has 0 aliphatic carbocycles. The number of ether oxygens (including phenoxy) is 1. The second-order valence-corrected chi connectivity index (χ2v) is 2.55. The molecule has 1 aromatic rings. The first-order valence-electron chi connectivity index (χ1n) is 4.12. The summed E-state index contributed by atoms with van der Waals surface area (Å²) in [7, 11) is 0. The van der Waals surface area contributed by atoms with Crippen LogP contribution in [0.1, 0.15) is 0 Å². The van der Waals surface area contributed by atoms with E-state index in [-0.39, 0.29) is 12.4 Å². The molecule has 0 unspecified atom stereocenters. The van der Waals surface area contributed by atoms with Crippen LogP contribution in [0.5, 0.6) is 5.75 Å². The molecule has 0 aliphatic heterocycles. The third-order valence-corrected chi connectivity index (χ3v) is 1.52. The van der Waals surface area contributed by atoms with Crippen molar-refractivity contribution >= 4 is 5.69 Å². The van der Waals surface area contributed by atoms with Crippen LogP contribution in [0, 0.1) is 0 Å². The van der Waals surface area contributed by atoms with E-state index in [0.29, 0.717) is 6.54 Å². The van der Waals surface area contributed by atoms with Gasteiger partial charge in [-0.05, 0) is 24.3 Å². The molecular weight excluding hydrogens is 192 g/mol. The fourth-order valence-corrected chi connectivity index (χ4v) is 0.954. The van der Waals surface area contributed by atoms with E-state index in [0.717, 1.165) is 5.69 Å². The largest absolute Gasteiger partial charge is 0.435 e. The van der Waals surface area contributed by atoms with Gasteiger partial charge < -0.3 is 15.2 Å². The lowest BCUT2D eigenvalue weighted by Crippen LogP contribution is -2.05. The molecule has 0 amide bonds. The van der Waals surface area contributed by atoms with Crippen LogP contribution in [0.15, 0.2) is 24.3 Å². The van der Waals surface area contributed by atoms with Crippen molar-refractivity contribution in [2.24, 2.45) is 0 Å². The number of halogens is 2. The first-order valence-corrected chi connectivity index (χ1v) is 4.12. The number of benzene rings is 1. The second kappa shape index (κ2) is 5.39. The highest BCUT2D eigenvalue weighted by molar-refractivity contribution is 5.46. The quantitative estimate of drug-likeness (QED) is 0.765. The number of alkyl halides is 2. The van der Waals surface area contributed by atoms with Crippen molar-refractivity contribution < 1.29 is 18.6 Å². The van der Waals surface area contributed by atoms with Crippen molar-refractivity contribution in [1.29, 1.82) is 0 Å². The van der Waals surface area contributed by atoms with Crippen LogP contribution < -0.4 is 10.1 Å². The normalized spacial score (nSPS) is 10.3. The SMILES string of the molecule is OCCNc1ccc(OC(F)F)cc1. The molecule has 1 rings (SSSR count). The summed E-state index contributed by atoms with van der Waals surface area (Å²) in [5.41, 5.74) is 0.751. The summed E-state index contributed by atoms with van der Waals surface area (Å²) < 4.78 is 27.7. The first kappa shape index (κ1) is 10.7. The number of nitrogens with one attached hydrogen (secondary N) is 1. The summed E-state index contributed by atoms with van der Waals surface area (Å²) in [6.45, 7) is -2.35. The van der Waals surface area contributed by atoms with Crippen LogP contribution >= 0.6 is 0 Å². The van der Waals surface area contributed by atoms with E-state index in [9.17, 15) is 8.78 Å². The highest BCUT2D eigenvalue weighted by atomic mass is 19.3. The van der Waals surface area contributed by atoms with Gasteiger partial charge in [-0.2, -0.15) is 8.78 Å². The molecule has 0 aliphatic rings. The van der Waals surface area contributed by atoms with Gasteiger partial charge in [0.25, 0.3) is 0 Å². The number of anilines is 1. The molecule has 14 heavy (non-hydrogen) atoms. The minimum atomic E-state index is -2.80. The number of aliphatic hydroxyl groups is 1. The van der Waals surface area contributed by atoms with Crippen LogP contribution in [-0.4, -0.2) is 24.9 Å². The molecule has 0 spiro atoms. The Labute approximate surface area is 80.3 Å². The molecule has 78 valence electrons. The lowest BCUT2D eigenvalue weighted by atomic mass is 10.3. The Balaban J connectivity index is 2.50. The van der Waals surface area contributed by atoms with Crippen molar-refractivity contribution in [2.75, 3.05) is 18.5 Å². The lowest BCUT2D eigenvalue weighted by molar-refractivity contribution is -0.0498. The predicted octanol–water partition coefficient (Wildman–Crippen LogP) is 1.69. The molecule has 0 saturated heterocycles. The molecule has 0 bridgehead atoms. The fourth-order valence-electron chi connectivity index (χ4n) is 0.954. The molecule has 0 atom stereocenters. The van der Waals surface area contributed by atoms with Crippen LogP contribution in [0.25, 0.3) is 0 Å². The molecule has 0 fully saturated rings. The van der Waals surface area contributed by atoms with Crippen LogP contribution in [0.3, 0.4) is 0 Å². The molecule has 3 nitrogen and oxygen atoms in total. The zero-order valence-corrected chi connectivity index (χ0v) is 7.41. The molecule has 0 aromatic heterocycles. The van der Waals surface area contributed by atoms with Gasteiger partial charge >= 0.3 is 6.61 Å². The van der Waals surface area contributed by atoms with E-state index in [2.05, 4.69) is 10.1 Å². The van der Waals surface area contributed by atoms with Gasteiger partial charge in [0.05, 0.1) is 6.61 Å². The van der Waals surface area contributed by atoms with Gasteiger partial charge in [-0.15, -0.1) is 0 Å². The van der Waals surface area contributed by atoms with Gasteiger partial charge in [0.1, 0.15) is 5.75 Å². The van der Waals surface area contributed by atoms with E-state index in [1.807, 2.05) is 0 Å². The molecule has 5 heteroatoms. The van der Waals surface area contributed by atoms with Crippen LogP contribution in [-0.2, 0) is 0 Å². The van der Waals surface area contributed by atoms with Gasteiger partial charge in [-0.25, -0.2) is 0 Å². The Hall–Kier alpha value is -1.36. The number of hydrogen-bond acceptors (Lipinski definition) is 3. The van der Waals surface area contributed by atoms with Gasteiger partial charge in [0, 0.05) is 12.2 Å². The molecule has 0 heterocycles. The minimum Gasteiger partial charge on any atom is -0.435 e. The lowest BCUT2D eigenvalue weighted by Gasteiger charge is -2.06. The molecule has 0 radical (unpaired) electrons. The summed E-state index contributed by atoms with van der Waals surface area (Å²) in [5, 5.41) is 11.4. The van der Waals surface area contributed by atoms with E-state index in [4.69, 9.17) is 5.11 Å². The Morgan fingerprint density at radius 2 is 1.93 bits per heavy atom. The third kappa shape index (κ3) is 3.57. The highest BCUT2D eigenvalue weighted by Crippen LogP contribution is 2.17. The van der Waals surface area contributed by atoms with E-state index in [1.54, 1.807) is 12.1 Å². The Kier molecular flexibility index (Phi) is 4.12. The zero-order chi connectivity index (χ0) is 10.4. The monoisotopic (exact) mass is 203 g/mol. The van der Waals surface area contributed by atoms with Gasteiger partial charge in [0.2, 0.25) is 0 Å². The average Bonchev–Trinajstić information content (AvgIpc) is 2.16. The van der Waals surface area contributed by atoms with E-state index in [1.165, 1.54) is 12.1 Å². The highest BCUT2D eigenvalue weighted by Gasteiger charge is 2.02. The predicted molar refractivity (Wildman–Crippen MR) is 48.6 cm³/mol. The van der Waals surface area contributed by atoms with Crippen molar-refractivity contribution in [3.05, 3.63) is 24.3 Å². The Morgan fingerprint density at radius 3 is 2.43 bits per heavy atom. The molecular formula is C9H11F2NO2. The van der Waals surface area contributed by atoms with Crippen molar-refractivity contribution in [3.8, 4) is 5.75 Å². The number of hydrogen-bond donors (Lipinski definition) is 2. The van der Waals surface area contributed by atoms with E-state index >= 15 is 0 Å². The van der Waals surface area contributed by atoms with Crippen LogP contribution in [0.2, 0.25) is 0 Å².